The van der Waals surface area contributed by atoms with E-state index in [0.717, 1.165) is 23.0 Å². The van der Waals surface area contributed by atoms with Gasteiger partial charge in [0.2, 0.25) is 0 Å². The highest BCUT2D eigenvalue weighted by Gasteiger charge is 2.16. The third-order valence-corrected chi connectivity index (χ3v) is 4.17. The third kappa shape index (κ3) is 3.07. The Bertz CT molecular complexity index is 1260. The van der Waals surface area contributed by atoms with E-state index in [-0.39, 0.29) is 16.6 Å². The zero-order valence-electron chi connectivity index (χ0n) is 14.1. The minimum Gasteiger partial charge on any atom is -0.292 e. The van der Waals surface area contributed by atoms with Crippen LogP contribution < -0.4 is 5.56 Å². The summed E-state index contributed by atoms with van der Waals surface area (Å²) in [6.45, 7) is -0.466. The summed E-state index contributed by atoms with van der Waals surface area (Å²) >= 11 is 0. The summed E-state index contributed by atoms with van der Waals surface area (Å²) in [5, 5.41) is 4.23. The number of benzene rings is 2. The number of carbonyl (C=O) groups excluding carboxylic acids is 1. The first-order chi connectivity index (χ1) is 13.4. The van der Waals surface area contributed by atoms with Crippen LogP contribution in [-0.2, 0) is 6.54 Å². The van der Waals surface area contributed by atoms with Crippen LogP contribution in [0.1, 0.15) is 10.4 Å². The lowest BCUT2D eigenvalue weighted by atomic mass is 10.1. The van der Waals surface area contributed by atoms with Gasteiger partial charge in [-0.2, -0.15) is 5.10 Å². The van der Waals surface area contributed by atoms with Crippen LogP contribution in [0.2, 0.25) is 0 Å². The number of carbonyl (C=O) groups is 1. The third-order valence-electron chi connectivity index (χ3n) is 4.17. The van der Waals surface area contributed by atoms with Gasteiger partial charge in [-0.05, 0) is 36.4 Å². The molecule has 9 heteroatoms. The van der Waals surface area contributed by atoms with Gasteiger partial charge in [0.15, 0.2) is 11.4 Å². The summed E-state index contributed by atoms with van der Waals surface area (Å²) in [5.74, 6) is -2.92. The maximum atomic E-state index is 13.8. The summed E-state index contributed by atoms with van der Waals surface area (Å²) in [7, 11) is 0. The Morgan fingerprint density at radius 1 is 1.00 bits per heavy atom. The number of aromatic nitrogens is 4. The number of hydrogen-bond acceptors (Lipinski definition) is 4. The highest BCUT2D eigenvalue weighted by Crippen LogP contribution is 2.15. The number of Topliss-reactive ketones (excluding diaryl/α,β-unsaturated/α-hetero) is 1. The molecule has 0 radical (unpaired) electrons. The highest BCUT2D eigenvalue weighted by atomic mass is 19.1. The van der Waals surface area contributed by atoms with Gasteiger partial charge >= 0.3 is 0 Å². The van der Waals surface area contributed by atoms with E-state index in [2.05, 4.69) is 10.1 Å². The lowest BCUT2D eigenvalue weighted by Crippen LogP contribution is -2.25. The van der Waals surface area contributed by atoms with E-state index in [1.54, 1.807) is 0 Å². The lowest BCUT2D eigenvalue weighted by Gasteiger charge is -2.07. The summed E-state index contributed by atoms with van der Waals surface area (Å²) in [6, 6.07) is 8.06. The second-order valence-electron chi connectivity index (χ2n) is 6.00. The van der Waals surface area contributed by atoms with Crippen LogP contribution in [0.25, 0.3) is 16.7 Å². The Balaban J connectivity index is 1.70. The number of halogens is 3. The molecule has 0 unspecified atom stereocenters. The van der Waals surface area contributed by atoms with Crippen molar-refractivity contribution in [3.05, 3.63) is 88.4 Å². The zero-order valence-corrected chi connectivity index (χ0v) is 14.1. The predicted octanol–water partition coefficient (Wildman–Crippen LogP) is 2.88. The molecule has 140 valence electrons. The summed E-state index contributed by atoms with van der Waals surface area (Å²) in [5.41, 5.74) is -0.136. The normalized spacial score (nSPS) is 11.1. The van der Waals surface area contributed by atoms with Crippen LogP contribution in [0.15, 0.2) is 59.8 Å². The molecule has 0 aliphatic carbocycles. The van der Waals surface area contributed by atoms with Crippen LogP contribution in [0.3, 0.4) is 0 Å². The van der Waals surface area contributed by atoms with Gasteiger partial charge in [-0.3, -0.25) is 14.2 Å². The van der Waals surface area contributed by atoms with Gasteiger partial charge in [0.25, 0.3) is 5.56 Å². The maximum absolute atomic E-state index is 13.8. The Morgan fingerprint density at radius 3 is 2.43 bits per heavy atom. The molecule has 0 spiro atoms. The quantitative estimate of drug-likeness (QED) is 0.508. The number of nitrogens with zero attached hydrogens (tertiary/aromatic N) is 4. The van der Waals surface area contributed by atoms with Crippen LogP contribution in [0.4, 0.5) is 13.2 Å². The van der Waals surface area contributed by atoms with Crippen LogP contribution in [0, 0.1) is 17.5 Å². The van der Waals surface area contributed by atoms with Gasteiger partial charge in [-0.1, -0.05) is 0 Å². The van der Waals surface area contributed by atoms with Gasteiger partial charge < -0.3 is 0 Å². The van der Waals surface area contributed by atoms with E-state index < -0.39 is 35.3 Å². The lowest BCUT2D eigenvalue weighted by molar-refractivity contribution is 0.0966. The molecule has 2 heterocycles. The average molecular weight is 384 g/mol. The van der Waals surface area contributed by atoms with Gasteiger partial charge in [0.05, 0.1) is 24.0 Å². The molecular weight excluding hydrogens is 373 g/mol. The molecule has 4 aromatic rings. The number of fused-ring (bicyclic) bond motifs is 1. The first-order valence-electron chi connectivity index (χ1n) is 8.11. The van der Waals surface area contributed by atoms with Crippen molar-refractivity contribution in [2.45, 2.75) is 6.54 Å². The number of hydrogen-bond donors (Lipinski definition) is 0. The Labute approximate surface area is 155 Å². The van der Waals surface area contributed by atoms with Gasteiger partial charge in [-0.25, -0.2) is 22.8 Å². The molecule has 0 saturated carbocycles. The van der Waals surface area contributed by atoms with Crippen molar-refractivity contribution in [1.82, 2.24) is 19.3 Å². The van der Waals surface area contributed by atoms with Crippen LogP contribution >= 0.6 is 0 Å². The molecule has 0 amide bonds. The SMILES string of the molecule is O=C(Cn1cnc2c(cnn2-c2ccc(F)cc2)c1=O)c1ccc(F)cc1F. The summed E-state index contributed by atoms with van der Waals surface area (Å²) in [6.07, 6.45) is 2.43. The summed E-state index contributed by atoms with van der Waals surface area (Å²) < 4.78 is 42.2. The monoisotopic (exact) mass is 384 g/mol. The van der Waals surface area contributed by atoms with Gasteiger partial charge in [0, 0.05) is 6.07 Å². The number of ketones is 1. The maximum Gasteiger partial charge on any atom is 0.264 e. The molecule has 6 nitrogen and oxygen atoms in total. The predicted molar refractivity (Wildman–Crippen MR) is 93.8 cm³/mol. The van der Waals surface area contributed by atoms with E-state index in [1.165, 1.54) is 35.1 Å². The molecule has 0 fully saturated rings. The minimum absolute atomic E-state index is 0.138. The van der Waals surface area contributed by atoms with E-state index in [9.17, 15) is 22.8 Å². The fourth-order valence-electron chi connectivity index (χ4n) is 2.79. The number of rotatable bonds is 4. The Morgan fingerprint density at radius 2 is 1.71 bits per heavy atom. The van der Waals surface area contributed by atoms with Crippen molar-refractivity contribution in [3.63, 3.8) is 0 Å². The van der Waals surface area contributed by atoms with E-state index in [0.29, 0.717) is 11.8 Å². The van der Waals surface area contributed by atoms with Crippen molar-refractivity contribution in [1.29, 1.82) is 0 Å². The molecule has 4 rings (SSSR count). The first kappa shape index (κ1) is 17.7. The Hall–Kier alpha value is -3.75. The smallest absolute Gasteiger partial charge is 0.264 e. The molecule has 0 saturated heterocycles. The second-order valence-corrected chi connectivity index (χ2v) is 6.00. The van der Waals surface area contributed by atoms with Gasteiger partial charge in [0.1, 0.15) is 29.2 Å². The molecule has 0 N–H and O–H groups in total. The van der Waals surface area contributed by atoms with Crippen LogP contribution in [-0.4, -0.2) is 25.1 Å². The van der Waals surface area contributed by atoms with E-state index in [1.807, 2.05) is 0 Å². The molecule has 0 atom stereocenters. The topological polar surface area (TPSA) is 69.8 Å². The minimum atomic E-state index is -1.00. The molecule has 0 aliphatic rings. The van der Waals surface area contributed by atoms with E-state index >= 15 is 0 Å². The second kappa shape index (κ2) is 6.76. The van der Waals surface area contributed by atoms with Crippen molar-refractivity contribution in [2.24, 2.45) is 0 Å². The van der Waals surface area contributed by atoms with Crippen molar-refractivity contribution >= 4 is 16.8 Å². The molecule has 0 aliphatic heterocycles. The first-order valence-corrected chi connectivity index (χ1v) is 8.11. The standard InChI is InChI=1S/C19H11F3N4O2/c20-11-1-4-13(5-2-11)26-18-15(8-24-26)19(28)25(10-23-18)9-17(27)14-6-3-12(21)7-16(14)22/h1-8,10H,9H2. The highest BCUT2D eigenvalue weighted by molar-refractivity contribution is 5.96. The Kier molecular flexibility index (Phi) is 4.26. The largest absolute Gasteiger partial charge is 0.292 e. The fraction of sp³-hybridized carbons (Fsp3) is 0.0526. The van der Waals surface area contributed by atoms with Crippen molar-refractivity contribution < 1.29 is 18.0 Å². The van der Waals surface area contributed by atoms with Crippen molar-refractivity contribution in [3.8, 4) is 5.69 Å². The molecule has 28 heavy (non-hydrogen) atoms. The average Bonchev–Trinajstić information content (AvgIpc) is 3.09. The summed E-state index contributed by atoms with van der Waals surface area (Å²) in [4.78, 5) is 29.1. The molecule has 2 aromatic carbocycles. The van der Waals surface area contributed by atoms with Crippen LogP contribution in [0.5, 0.6) is 0 Å². The zero-order chi connectivity index (χ0) is 19.8. The molecular formula is C19H11F3N4O2. The molecule has 2 aromatic heterocycles. The fourth-order valence-corrected chi connectivity index (χ4v) is 2.79. The molecule has 0 bridgehead atoms. The van der Waals surface area contributed by atoms with Crippen molar-refractivity contribution in [2.75, 3.05) is 0 Å². The van der Waals surface area contributed by atoms with E-state index in [4.69, 9.17) is 0 Å². The van der Waals surface area contributed by atoms with Gasteiger partial charge in [-0.15, -0.1) is 0 Å².